The SMILES string of the molecule is C=CCN1CC(=O)N2C(Cc3ccc(O)cc3)C(=O)N(Cc3cccc4ccccc34)C(C)C2N1C(=O)CCc1ccccc1. The lowest BCUT2D eigenvalue weighted by Gasteiger charge is -2.58. The van der Waals surface area contributed by atoms with E-state index in [1.165, 1.54) is 0 Å². The highest BCUT2D eigenvalue weighted by molar-refractivity contribution is 5.93. The van der Waals surface area contributed by atoms with Gasteiger partial charge in [0.25, 0.3) is 0 Å². The molecular weight excluding hydrogens is 564 g/mol. The molecule has 2 heterocycles. The molecule has 45 heavy (non-hydrogen) atoms. The van der Waals surface area contributed by atoms with E-state index in [1.807, 2.05) is 66.4 Å². The normalized spacial score (nSPS) is 20.4. The molecule has 3 amide bonds. The minimum atomic E-state index is -0.825. The van der Waals surface area contributed by atoms with Crippen molar-refractivity contribution in [3.8, 4) is 5.75 Å². The predicted molar refractivity (Wildman–Crippen MR) is 174 cm³/mol. The maximum atomic E-state index is 14.5. The molecule has 2 aliphatic rings. The van der Waals surface area contributed by atoms with Crippen LogP contribution >= 0.6 is 0 Å². The number of piperazine rings is 1. The van der Waals surface area contributed by atoms with Crippen LogP contribution in [0.25, 0.3) is 10.8 Å². The minimum absolute atomic E-state index is 0.0327. The van der Waals surface area contributed by atoms with Gasteiger partial charge in [-0.2, -0.15) is 0 Å². The number of carbonyl (C=O) groups excluding carboxylic acids is 3. The molecule has 2 fully saturated rings. The van der Waals surface area contributed by atoms with Crippen molar-refractivity contribution >= 4 is 28.5 Å². The zero-order valence-electron chi connectivity index (χ0n) is 25.5. The van der Waals surface area contributed by atoms with Crippen LogP contribution in [0, 0.1) is 0 Å². The van der Waals surface area contributed by atoms with Crippen LogP contribution in [0.1, 0.15) is 30.0 Å². The molecule has 1 N–H and O–H groups in total. The molecule has 8 nitrogen and oxygen atoms in total. The fraction of sp³-hybridized carbons (Fsp3) is 0.270. The Bertz CT molecular complexity index is 1700. The topological polar surface area (TPSA) is 84.4 Å². The van der Waals surface area contributed by atoms with E-state index in [0.29, 0.717) is 19.5 Å². The highest BCUT2D eigenvalue weighted by Crippen LogP contribution is 2.34. The van der Waals surface area contributed by atoms with Crippen LogP contribution < -0.4 is 0 Å². The Morgan fingerprint density at radius 3 is 2.38 bits per heavy atom. The Morgan fingerprint density at radius 2 is 1.62 bits per heavy atom. The number of nitrogens with zero attached hydrogens (tertiary/aromatic N) is 4. The summed E-state index contributed by atoms with van der Waals surface area (Å²) in [7, 11) is 0. The van der Waals surface area contributed by atoms with Gasteiger partial charge in [-0.3, -0.25) is 14.4 Å². The van der Waals surface area contributed by atoms with Gasteiger partial charge in [0, 0.05) is 25.9 Å². The molecule has 3 atom stereocenters. The van der Waals surface area contributed by atoms with E-state index in [0.717, 1.165) is 27.5 Å². The lowest BCUT2D eigenvalue weighted by molar-refractivity contribution is -0.213. The predicted octanol–water partition coefficient (Wildman–Crippen LogP) is 4.92. The second-order valence-corrected chi connectivity index (χ2v) is 11.8. The van der Waals surface area contributed by atoms with E-state index in [9.17, 15) is 19.5 Å². The summed E-state index contributed by atoms with van der Waals surface area (Å²) < 4.78 is 0. The van der Waals surface area contributed by atoms with Crippen molar-refractivity contribution in [3.05, 3.63) is 126 Å². The first kappa shape index (κ1) is 30.1. The number of phenolic OH excluding ortho intramolecular Hbond substituents is 1. The molecule has 230 valence electrons. The Balaban J connectivity index is 1.40. The summed E-state index contributed by atoms with van der Waals surface area (Å²) in [6, 6.07) is 29.4. The number of fused-ring (bicyclic) bond motifs is 2. The number of hydrogen-bond donors (Lipinski definition) is 1. The third kappa shape index (κ3) is 6.06. The third-order valence-electron chi connectivity index (χ3n) is 8.92. The first-order valence-electron chi connectivity index (χ1n) is 15.4. The lowest BCUT2D eigenvalue weighted by atomic mass is 9.94. The quantitative estimate of drug-likeness (QED) is 0.275. The number of carbonyl (C=O) groups is 3. The van der Waals surface area contributed by atoms with Gasteiger partial charge in [-0.1, -0.05) is 91.0 Å². The number of aryl methyl sites for hydroxylation is 1. The number of hydrogen-bond acceptors (Lipinski definition) is 5. The zero-order chi connectivity index (χ0) is 31.5. The zero-order valence-corrected chi connectivity index (χ0v) is 25.5. The van der Waals surface area contributed by atoms with Crippen LogP contribution in [0.4, 0.5) is 0 Å². The molecule has 0 bridgehead atoms. The molecule has 0 aliphatic carbocycles. The van der Waals surface area contributed by atoms with Gasteiger partial charge in [0.05, 0.1) is 12.6 Å². The summed E-state index contributed by atoms with van der Waals surface area (Å²) in [5.74, 6) is -0.357. The van der Waals surface area contributed by atoms with E-state index in [1.54, 1.807) is 45.3 Å². The smallest absolute Gasteiger partial charge is 0.246 e. The summed E-state index contributed by atoms with van der Waals surface area (Å²) >= 11 is 0. The van der Waals surface area contributed by atoms with Gasteiger partial charge in [0.2, 0.25) is 17.7 Å². The Kier molecular flexibility index (Phi) is 8.67. The average molecular weight is 603 g/mol. The van der Waals surface area contributed by atoms with Gasteiger partial charge >= 0.3 is 0 Å². The molecule has 2 saturated heterocycles. The van der Waals surface area contributed by atoms with Crippen molar-refractivity contribution in [2.24, 2.45) is 0 Å². The molecule has 0 spiro atoms. The third-order valence-corrected chi connectivity index (χ3v) is 8.92. The van der Waals surface area contributed by atoms with Crippen molar-refractivity contribution in [2.75, 3.05) is 13.1 Å². The molecule has 4 aromatic rings. The molecule has 0 radical (unpaired) electrons. The van der Waals surface area contributed by atoms with Gasteiger partial charge in [-0.05, 0) is 52.9 Å². The molecule has 6 rings (SSSR count). The monoisotopic (exact) mass is 602 g/mol. The standard InChI is InChI=1S/C37H38N4O4/c1-3-22-38-25-35(44)40-33(23-28-16-19-31(42)20-17-28)37(45)39(24-30-14-9-13-29-12-7-8-15-32(29)30)26(2)36(40)41(38)34(43)21-18-27-10-5-4-6-11-27/h3-17,19-20,26,33,36,42H,1,18,21-25H2,2H3. The van der Waals surface area contributed by atoms with E-state index < -0.39 is 18.2 Å². The number of benzene rings is 4. The van der Waals surface area contributed by atoms with Gasteiger partial charge in [-0.15, -0.1) is 6.58 Å². The van der Waals surface area contributed by atoms with Crippen molar-refractivity contribution in [1.29, 1.82) is 0 Å². The number of amides is 3. The van der Waals surface area contributed by atoms with Crippen molar-refractivity contribution in [3.63, 3.8) is 0 Å². The van der Waals surface area contributed by atoms with Gasteiger partial charge in [0.1, 0.15) is 18.0 Å². The van der Waals surface area contributed by atoms with Gasteiger partial charge in [-0.25, -0.2) is 10.0 Å². The number of phenols is 1. The van der Waals surface area contributed by atoms with Crippen LogP contribution in [0.5, 0.6) is 5.75 Å². The van der Waals surface area contributed by atoms with E-state index >= 15 is 0 Å². The number of aromatic hydroxyl groups is 1. The summed E-state index contributed by atoms with van der Waals surface area (Å²) in [6.45, 7) is 6.44. The first-order valence-corrected chi connectivity index (χ1v) is 15.4. The molecule has 3 unspecified atom stereocenters. The van der Waals surface area contributed by atoms with E-state index in [2.05, 4.69) is 24.8 Å². The summed E-state index contributed by atoms with van der Waals surface area (Å²) in [5.41, 5.74) is 2.87. The first-order chi connectivity index (χ1) is 21.9. The maximum Gasteiger partial charge on any atom is 0.246 e. The molecular formula is C37H38N4O4. The van der Waals surface area contributed by atoms with Crippen LogP contribution in [-0.4, -0.2) is 74.0 Å². The highest BCUT2D eigenvalue weighted by Gasteiger charge is 2.54. The second-order valence-electron chi connectivity index (χ2n) is 11.8. The highest BCUT2D eigenvalue weighted by atomic mass is 16.3. The van der Waals surface area contributed by atoms with Crippen LogP contribution in [-0.2, 0) is 33.8 Å². The van der Waals surface area contributed by atoms with Crippen molar-refractivity contribution < 1.29 is 19.5 Å². The number of hydrazine groups is 1. The fourth-order valence-corrected chi connectivity index (χ4v) is 6.71. The molecule has 0 saturated carbocycles. The molecule has 8 heteroatoms. The Hall–Kier alpha value is -4.95. The Morgan fingerprint density at radius 1 is 0.911 bits per heavy atom. The minimum Gasteiger partial charge on any atom is -0.508 e. The lowest BCUT2D eigenvalue weighted by Crippen LogP contribution is -2.78. The Labute approximate surface area is 263 Å². The summed E-state index contributed by atoms with van der Waals surface area (Å²) in [5, 5.41) is 15.5. The molecule has 4 aromatic carbocycles. The van der Waals surface area contributed by atoms with E-state index in [4.69, 9.17) is 0 Å². The summed E-state index contributed by atoms with van der Waals surface area (Å²) in [4.78, 5) is 46.1. The molecule has 0 aromatic heterocycles. The average Bonchev–Trinajstić information content (AvgIpc) is 3.05. The number of rotatable bonds is 9. The largest absolute Gasteiger partial charge is 0.508 e. The second kappa shape index (κ2) is 13.0. The van der Waals surface area contributed by atoms with E-state index in [-0.39, 0.29) is 42.9 Å². The fourth-order valence-electron chi connectivity index (χ4n) is 6.71. The van der Waals surface area contributed by atoms with Crippen LogP contribution in [0.2, 0.25) is 0 Å². The van der Waals surface area contributed by atoms with Gasteiger partial charge in [0.15, 0.2) is 0 Å². The van der Waals surface area contributed by atoms with Crippen LogP contribution in [0.3, 0.4) is 0 Å². The van der Waals surface area contributed by atoms with Crippen molar-refractivity contribution in [2.45, 2.75) is 51.0 Å². The molecule has 2 aliphatic heterocycles. The summed E-state index contributed by atoms with van der Waals surface area (Å²) in [6.07, 6.45) is 2.06. The van der Waals surface area contributed by atoms with Crippen LogP contribution in [0.15, 0.2) is 110 Å². The van der Waals surface area contributed by atoms with Gasteiger partial charge < -0.3 is 14.9 Å². The van der Waals surface area contributed by atoms with Crippen molar-refractivity contribution in [1.82, 2.24) is 19.8 Å². The maximum absolute atomic E-state index is 14.5.